The summed E-state index contributed by atoms with van der Waals surface area (Å²) in [6, 6.07) is 1.39. The highest BCUT2D eigenvalue weighted by molar-refractivity contribution is 7.89. The van der Waals surface area contributed by atoms with Gasteiger partial charge >= 0.3 is 0 Å². The first kappa shape index (κ1) is 15.6. The fourth-order valence-corrected chi connectivity index (χ4v) is 3.94. The minimum absolute atomic E-state index is 0.137. The molecule has 0 spiro atoms. The number of nitrogens with zero attached hydrogens (tertiary/aromatic N) is 1. The van der Waals surface area contributed by atoms with Gasteiger partial charge in [-0.2, -0.15) is 0 Å². The first-order valence-corrected chi connectivity index (χ1v) is 7.91. The second-order valence-electron chi connectivity index (χ2n) is 5.21. The molecule has 0 heterocycles. The molecular formula is C12H16FN3O4S. The standard InChI is InChI=1S/C12H16FN3O4S/c1-7-3-8(4-7)15-21(19,20)12-10(13)5-9(16(17)18)6-11(12)14-2/h5-8,14-15H,3-4H2,1-2H3. The van der Waals surface area contributed by atoms with Gasteiger partial charge in [0.1, 0.15) is 4.90 Å². The number of hydrogen-bond acceptors (Lipinski definition) is 5. The van der Waals surface area contributed by atoms with Crippen LogP contribution in [-0.4, -0.2) is 26.4 Å². The number of halogens is 1. The third kappa shape index (κ3) is 3.13. The van der Waals surface area contributed by atoms with Crippen LogP contribution in [0.25, 0.3) is 0 Å². The van der Waals surface area contributed by atoms with E-state index < -0.39 is 31.3 Å². The number of non-ortho nitro benzene ring substituents is 1. The predicted octanol–water partition coefficient (Wildman–Crippen LogP) is 1.85. The lowest BCUT2D eigenvalue weighted by Gasteiger charge is -2.33. The Labute approximate surface area is 121 Å². The molecule has 21 heavy (non-hydrogen) atoms. The summed E-state index contributed by atoms with van der Waals surface area (Å²) in [4.78, 5) is 9.33. The number of nitro groups is 1. The van der Waals surface area contributed by atoms with Gasteiger partial charge in [-0.3, -0.25) is 10.1 Å². The van der Waals surface area contributed by atoms with Crippen molar-refractivity contribution in [2.75, 3.05) is 12.4 Å². The molecule has 1 aliphatic rings. The second-order valence-corrected chi connectivity index (χ2v) is 6.86. The van der Waals surface area contributed by atoms with Crippen LogP contribution in [-0.2, 0) is 10.0 Å². The summed E-state index contributed by atoms with van der Waals surface area (Å²) in [6.45, 7) is 2.00. The van der Waals surface area contributed by atoms with Gasteiger partial charge in [0, 0.05) is 19.2 Å². The third-order valence-corrected chi connectivity index (χ3v) is 5.07. The molecule has 0 atom stereocenters. The SMILES string of the molecule is CNc1cc([N+](=O)[O-])cc(F)c1S(=O)(=O)NC1CC(C)C1. The van der Waals surface area contributed by atoms with E-state index in [1.165, 1.54) is 7.05 Å². The Hall–Kier alpha value is -1.74. The third-order valence-electron chi connectivity index (χ3n) is 3.47. The van der Waals surface area contributed by atoms with Crippen molar-refractivity contribution in [2.24, 2.45) is 5.92 Å². The van der Waals surface area contributed by atoms with Crippen molar-refractivity contribution in [3.63, 3.8) is 0 Å². The van der Waals surface area contributed by atoms with E-state index in [-0.39, 0.29) is 11.7 Å². The van der Waals surface area contributed by atoms with Crippen LogP contribution in [0.1, 0.15) is 19.8 Å². The van der Waals surface area contributed by atoms with Gasteiger partial charge in [-0.15, -0.1) is 0 Å². The van der Waals surface area contributed by atoms with Crippen molar-refractivity contribution >= 4 is 21.4 Å². The average molecular weight is 317 g/mol. The zero-order chi connectivity index (χ0) is 15.8. The lowest BCUT2D eigenvalue weighted by Crippen LogP contribution is -2.43. The molecule has 9 heteroatoms. The molecule has 7 nitrogen and oxygen atoms in total. The summed E-state index contributed by atoms with van der Waals surface area (Å²) in [5, 5.41) is 13.2. The van der Waals surface area contributed by atoms with Crippen molar-refractivity contribution < 1.29 is 17.7 Å². The summed E-state index contributed by atoms with van der Waals surface area (Å²) >= 11 is 0. The van der Waals surface area contributed by atoms with E-state index in [2.05, 4.69) is 10.0 Å². The molecule has 0 bridgehead atoms. The minimum atomic E-state index is -4.07. The lowest BCUT2D eigenvalue weighted by atomic mass is 9.83. The molecule has 2 rings (SSSR count). The molecule has 0 amide bonds. The number of rotatable bonds is 5. The Morgan fingerprint density at radius 3 is 2.48 bits per heavy atom. The molecule has 116 valence electrons. The van der Waals surface area contributed by atoms with Crippen LogP contribution >= 0.6 is 0 Å². The topological polar surface area (TPSA) is 101 Å². The van der Waals surface area contributed by atoms with Gasteiger partial charge in [-0.25, -0.2) is 17.5 Å². The van der Waals surface area contributed by atoms with Gasteiger partial charge in [-0.1, -0.05) is 6.92 Å². The number of sulfonamides is 1. The van der Waals surface area contributed by atoms with Crippen molar-refractivity contribution in [2.45, 2.75) is 30.7 Å². The summed E-state index contributed by atoms with van der Waals surface area (Å²) in [7, 11) is -2.69. The maximum atomic E-state index is 14.0. The quantitative estimate of drug-likeness (QED) is 0.637. The molecule has 1 aromatic carbocycles. The highest BCUT2D eigenvalue weighted by Gasteiger charge is 2.33. The Kier molecular flexibility index (Phi) is 4.15. The minimum Gasteiger partial charge on any atom is -0.387 e. The summed E-state index contributed by atoms with van der Waals surface area (Å²) in [5.74, 6) is -0.711. The fraction of sp³-hybridized carbons (Fsp3) is 0.500. The summed E-state index contributed by atoms with van der Waals surface area (Å²) in [5.41, 5.74) is -0.644. The molecule has 1 aromatic rings. The number of benzene rings is 1. The zero-order valence-electron chi connectivity index (χ0n) is 11.6. The summed E-state index contributed by atoms with van der Waals surface area (Å²) < 4.78 is 41.0. The number of nitrogens with one attached hydrogen (secondary N) is 2. The second kappa shape index (κ2) is 5.57. The van der Waals surface area contributed by atoms with Crippen LogP contribution in [0.3, 0.4) is 0 Å². The smallest absolute Gasteiger partial charge is 0.274 e. The molecule has 0 saturated heterocycles. The largest absolute Gasteiger partial charge is 0.387 e. The van der Waals surface area contributed by atoms with E-state index in [1.807, 2.05) is 6.92 Å². The molecule has 2 N–H and O–H groups in total. The molecule has 0 unspecified atom stereocenters. The first-order chi connectivity index (χ1) is 9.74. The molecule has 0 radical (unpaired) electrons. The average Bonchev–Trinajstić information content (AvgIpc) is 2.35. The maximum Gasteiger partial charge on any atom is 0.274 e. The summed E-state index contributed by atoms with van der Waals surface area (Å²) in [6.07, 6.45) is 1.39. The monoisotopic (exact) mass is 317 g/mol. The van der Waals surface area contributed by atoms with Crippen LogP contribution in [0.4, 0.5) is 15.8 Å². The van der Waals surface area contributed by atoms with Crippen LogP contribution < -0.4 is 10.0 Å². The molecular weight excluding hydrogens is 301 g/mol. The number of anilines is 1. The first-order valence-electron chi connectivity index (χ1n) is 6.42. The van der Waals surface area contributed by atoms with Crippen molar-refractivity contribution in [1.82, 2.24) is 4.72 Å². The Balaban J connectivity index is 2.40. The molecule has 1 saturated carbocycles. The van der Waals surface area contributed by atoms with Gasteiger partial charge < -0.3 is 5.32 Å². The predicted molar refractivity (Wildman–Crippen MR) is 75.1 cm³/mol. The fourth-order valence-electron chi connectivity index (χ4n) is 2.42. The van der Waals surface area contributed by atoms with Crippen molar-refractivity contribution in [1.29, 1.82) is 0 Å². The van der Waals surface area contributed by atoms with E-state index in [0.717, 1.165) is 6.07 Å². The van der Waals surface area contributed by atoms with E-state index >= 15 is 0 Å². The lowest BCUT2D eigenvalue weighted by molar-refractivity contribution is -0.385. The van der Waals surface area contributed by atoms with Gasteiger partial charge in [0.2, 0.25) is 10.0 Å². The highest BCUT2D eigenvalue weighted by atomic mass is 32.2. The molecule has 0 aliphatic heterocycles. The van der Waals surface area contributed by atoms with E-state index in [4.69, 9.17) is 0 Å². The van der Waals surface area contributed by atoms with Gasteiger partial charge in [0.15, 0.2) is 5.82 Å². The van der Waals surface area contributed by atoms with E-state index in [9.17, 15) is 22.9 Å². The van der Waals surface area contributed by atoms with Gasteiger partial charge in [0.25, 0.3) is 5.69 Å². The van der Waals surface area contributed by atoms with Crippen LogP contribution in [0, 0.1) is 21.8 Å². The molecule has 1 fully saturated rings. The number of hydrogen-bond donors (Lipinski definition) is 2. The van der Waals surface area contributed by atoms with E-state index in [0.29, 0.717) is 24.8 Å². The van der Waals surface area contributed by atoms with Crippen LogP contribution in [0.15, 0.2) is 17.0 Å². The van der Waals surface area contributed by atoms with Crippen molar-refractivity contribution in [3.05, 3.63) is 28.1 Å². The molecule has 0 aromatic heterocycles. The Morgan fingerprint density at radius 2 is 2.00 bits per heavy atom. The highest BCUT2D eigenvalue weighted by Crippen LogP contribution is 2.32. The maximum absolute atomic E-state index is 14.0. The Morgan fingerprint density at radius 1 is 1.38 bits per heavy atom. The van der Waals surface area contributed by atoms with Crippen molar-refractivity contribution in [3.8, 4) is 0 Å². The van der Waals surface area contributed by atoms with Crippen LogP contribution in [0.2, 0.25) is 0 Å². The molecule has 1 aliphatic carbocycles. The van der Waals surface area contributed by atoms with Gasteiger partial charge in [0.05, 0.1) is 16.7 Å². The van der Waals surface area contributed by atoms with E-state index in [1.54, 1.807) is 0 Å². The van der Waals surface area contributed by atoms with Gasteiger partial charge in [-0.05, 0) is 18.8 Å². The van der Waals surface area contributed by atoms with Crippen LogP contribution in [0.5, 0.6) is 0 Å². The Bertz CT molecular complexity index is 671. The normalized spacial score (nSPS) is 21.7. The number of nitro benzene ring substituents is 1. The zero-order valence-corrected chi connectivity index (χ0v) is 12.4.